The van der Waals surface area contributed by atoms with Crippen LogP contribution in [0.4, 0.5) is 0 Å². The maximum Gasteiger partial charge on any atom is 0.256 e. The number of hydrogen-bond donors (Lipinski definition) is 1. The van der Waals surface area contributed by atoms with E-state index in [-0.39, 0.29) is 6.10 Å². The van der Waals surface area contributed by atoms with E-state index in [1.165, 1.54) is 0 Å². The van der Waals surface area contributed by atoms with Gasteiger partial charge in [0.15, 0.2) is 5.75 Å². The van der Waals surface area contributed by atoms with Gasteiger partial charge in [-0.3, -0.25) is 0 Å². The van der Waals surface area contributed by atoms with E-state index in [1.807, 2.05) is 26.0 Å². The Kier molecular flexibility index (Phi) is 4.90. The zero-order valence-corrected chi connectivity index (χ0v) is 9.27. The van der Waals surface area contributed by atoms with Gasteiger partial charge in [-0.25, -0.2) is 4.98 Å². The van der Waals surface area contributed by atoms with Crippen molar-refractivity contribution in [2.24, 2.45) is 5.73 Å². The lowest BCUT2D eigenvalue weighted by atomic mass is 10.4. The SMILES string of the molecule is CC(C)Oc1cccnc1OCCCN. The molecular weight excluding hydrogens is 192 g/mol. The van der Waals surface area contributed by atoms with E-state index in [0.717, 1.165) is 6.42 Å². The molecule has 0 amide bonds. The van der Waals surface area contributed by atoms with Crippen LogP contribution < -0.4 is 15.2 Å². The van der Waals surface area contributed by atoms with Crippen molar-refractivity contribution in [2.45, 2.75) is 26.4 Å². The van der Waals surface area contributed by atoms with Gasteiger partial charge in [-0.15, -0.1) is 0 Å². The summed E-state index contributed by atoms with van der Waals surface area (Å²) in [5, 5.41) is 0. The minimum atomic E-state index is 0.117. The summed E-state index contributed by atoms with van der Waals surface area (Å²) in [6.07, 6.45) is 2.62. The highest BCUT2D eigenvalue weighted by molar-refractivity contribution is 5.32. The van der Waals surface area contributed by atoms with Gasteiger partial charge in [0.2, 0.25) is 0 Å². The van der Waals surface area contributed by atoms with Crippen molar-refractivity contribution >= 4 is 0 Å². The first-order valence-electron chi connectivity index (χ1n) is 5.18. The van der Waals surface area contributed by atoms with Crippen LogP contribution >= 0.6 is 0 Å². The van der Waals surface area contributed by atoms with Crippen LogP contribution in [-0.2, 0) is 0 Å². The summed E-state index contributed by atoms with van der Waals surface area (Å²) in [7, 11) is 0. The third-order valence-electron chi connectivity index (χ3n) is 1.69. The van der Waals surface area contributed by atoms with E-state index < -0.39 is 0 Å². The molecular formula is C11H18N2O2. The van der Waals surface area contributed by atoms with Crippen molar-refractivity contribution in [1.82, 2.24) is 4.98 Å². The largest absolute Gasteiger partial charge is 0.485 e. The number of ether oxygens (including phenoxy) is 2. The maximum atomic E-state index is 5.56. The lowest BCUT2D eigenvalue weighted by Crippen LogP contribution is -2.10. The number of pyridine rings is 1. The number of hydrogen-bond acceptors (Lipinski definition) is 4. The number of nitrogens with zero attached hydrogens (tertiary/aromatic N) is 1. The van der Waals surface area contributed by atoms with Crippen LogP contribution in [0.15, 0.2) is 18.3 Å². The Morgan fingerprint density at radius 2 is 2.27 bits per heavy atom. The van der Waals surface area contributed by atoms with Crippen LogP contribution in [0.25, 0.3) is 0 Å². The van der Waals surface area contributed by atoms with Crippen LogP contribution in [-0.4, -0.2) is 24.2 Å². The average molecular weight is 210 g/mol. The summed E-state index contributed by atoms with van der Waals surface area (Å²) in [6.45, 7) is 5.13. The van der Waals surface area contributed by atoms with Gasteiger partial charge in [0.1, 0.15) is 0 Å². The van der Waals surface area contributed by atoms with Gasteiger partial charge in [-0.1, -0.05) is 0 Å². The van der Waals surface area contributed by atoms with Gasteiger partial charge in [-0.2, -0.15) is 0 Å². The van der Waals surface area contributed by atoms with Crippen LogP contribution in [0.5, 0.6) is 11.6 Å². The van der Waals surface area contributed by atoms with Gasteiger partial charge in [0.25, 0.3) is 5.88 Å². The third kappa shape index (κ3) is 4.16. The predicted molar refractivity (Wildman–Crippen MR) is 59.2 cm³/mol. The number of nitrogens with two attached hydrogens (primary N) is 1. The van der Waals surface area contributed by atoms with Crippen molar-refractivity contribution in [3.8, 4) is 11.6 Å². The Hall–Kier alpha value is -1.29. The standard InChI is InChI=1S/C11H18N2O2/c1-9(2)15-10-5-3-7-13-11(10)14-8-4-6-12/h3,5,7,9H,4,6,8,12H2,1-2H3. The molecule has 0 bridgehead atoms. The molecule has 0 saturated carbocycles. The van der Waals surface area contributed by atoms with Gasteiger partial charge < -0.3 is 15.2 Å². The summed E-state index contributed by atoms with van der Waals surface area (Å²) < 4.78 is 11.0. The monoisotopic (exact) mass is 210 g/mol. The molecule has 0 atom stereocenters. The fourth-order valence-corrected chi connectivity index (χ4v) is 1.08. The molecule has 4 heteroatoms. The molecule has 1 aromatic heterocycles. The highest BCUT2D eigenvalue weighted by Gasteiger charge is 2.06. The molecule has 0 aliphatic heterocycles. The normalized spacial score (nSPS) is 10.4. The Labute approximate surface area is 90.4 Å². The Morgan fingerprint density at radius 3 is 2.93 bits per heavy atom. The molecule has 1 heterocycles. The number of rotatable bonds is 6. The summed E-state index contributed by atoms with van der Waals surface area (Å²) in [4.78, 5) is 4.12. The third-order valence-corrected chi connectivity index (χ3v) is 1.69. The second-order valence-corrected chi connectivity index (χ2v) is 3.46. The molecule has 0 saturated heterocycles. The maximum absolute atomic E-state index is 5.56. The topological polar surface area (TPSA) is 57.4 Å². The summed E-state index contributed by atoms with van der Waals surface area (Å²) in [5.41, 5.74) is 5.38. The Bertz CT molecular complexity index is 290. The van der Waals surface area contributed by atoms with Crippen molar-refractivity contribution in [2.75, 3.05) is 13.2 Å². The van der Waals surface area contributed by atoms with E-state index in [2.05, 4.69) is 4.98 Å². The molecule has 0 unspecified atom stereocenters. The molecule has 84 valence electrons. The van der Waals surface area contributed by atoms with Crippen molar-refractivity contribution < 1.29 is 9.47 Å². The lowest BCUT2D eigenvalue weighted by molar-refractivity contribution is 0.215. The van der Waals surface area contributed by atoms with Gasteiger partial charge in [0.05, 0.1) is 12.7 Å². The van der Waals surface area contributed by atoms with E-state index in [9.17, 15) is 0 Å². The van der Waals surface area contributed by atoms with Crippen molar-refractivity contribution in [3.05, 3.63) is 18.3 Å². The second-order valence-electron chi connectivity index (χ2n) is 3.46. The first kappa shape index (κ1) is 11.8. The molecule has 0 aliphatic carbocycles. The average Bonchev–Trinajstić information content (AvgIpc) is 2.20. The van der Waals surface area contributed by atoms with E-state index in [1.54, 1.807) is 6.20 Å². The van der Waals surface area contributed by atoms with E-state index in [4.69, 9.17) is 15.2 Å². The minimum absolute atomic E-state index is 0.117. The first-order chi connectivity index (χ1) is 7.24. The molecule has 0 radical (unpaired) electrons. The highest BCUT2D eigenvalue weighted by atomic mass is 16.5. The quantitative estimate of drug-likeness (QED) is 0.724. The molecule has 0 spiro atoms. The minimum Gasteiger partial charge on any atom is -0.485 e. The fourth-order valence-electron chi connectivity index (χ4n) is 1.08. The van der Waals surface area contributed by atoms with Gasteiger partial charge in [-0.05, 0) is 38.9 Å². The van der Waals surface area contributed by atoms with Crippen molar-refractivity contribution in [1.29, 1.82) is 0 Å². The molecule has 1 rings (SSSR count). The highest BCUT2D eigenvalue weighted by Crippen LogP contribution is 2.24. The predicted octanol–water partition coefficient (Wildman–Crippen LogP) is 1.60. The molecule has 0 aromatic carbocycles. The summed E-state index contributed by atoms with van der Waals surface area (Å²) >= 11 is 0. The van der Waals surface area contributed by atoms with Crippen molar-refractivity contribution in [3.63, 3.8) is 0 Å². The first-order valence-corrected chi connectivity index (χ1v) is 5.18. The van der Waals surface area contributed by atoms with Gasteiger partial charge >= 0.3 is 0 Å². The molecule has 1 aromatic rings. The zero-order valence-electron chi connectivity index (χ0n) is 9.27. The zero-order chi connectivity index (χ0) is 11.1. The Balaban J connectivity index is 2.60. The van der Waals surface area contributed by atoms with E-state index >= 15 is 0 Å². The smallest absolute Gasteiger partial charge is 0.256 e. The molecule has 15 heavy (non-hydrogen) atoms. The lowest BCUT2D eigenvalue weighted by Gasteiger charge is -2.13. The van der Waals surface area contributed by atoms with Crippen LogP contribution in [0.2, 0.25) is 0 Å². The molecule has 0 fully saturated rings. The summed E-state index contributed by atoms with van der Waals surface area (Å²) in [5.74, 6) is 1.23. The van der Waals surface area contributed by atoms with Gasteiger partial charge in [0, 0.05) is 6.20 Å². The fraction of sp³-hybridized carbons (Fsp3) is 0.545. The van der Waals surface area contributed by atoms with Crippen LogP contribution in [0.3, 0.4) is 0 Å². The molecule has 0 aliphatic rings. The Morgan fingerprint density at radius 1 is 1.47 bits per heavy atom. The number of aromatic nitrogens is 1. The second kappa shape index (κ2) is 6.24. The van der Waals surface area contributed by atoms with Crippen LogP contribution in [0.1, 0.15) is 20.3 Å². The molecule has 2 N–H and O–H groups in total. The van der Waals surface area contributed by atoms with E-state index in [0.29, 0.717) is 24.8 Å². The summed E-state index contributed by atoms with van der Waals surface area (Å²) in [6, 6.07) is 3.68. The van der Waals surface area contributed by atoms with Crippen LogP contribution in [0, 0.1) is 0 Å². The molecule has 4 nitrogen and oxygen atoms in total.